The Bertz CT molecular complexity index is 545. The van der Waals surface area contributed by atoms with Gasteiger partial charge in [0, 0.05) is 0 Å². The summed E-state index contributed by atoms with van der Waals surface area (Å²) in [6.07, 6.45) is 0. The number of nitrogens with two attached hydrogens (primary N) is 1. The molecule has 0 bridgehead atoms. The SMILES string of the molecule is CCOc1ccc(N)c(S(=O)(=O)O)c1C#N. The molecule has 1 rings (SSSR count). The molecule has 6 nitrogen and oxygen atoms in total. The molecule has 3 N–H and O–H groups in total. The second kappa shape index (κ2) is 4.38. The van der Waals surface area contributed by atoms with Crippen molar-refractivity contribution in [2.75, 3.05) is 12.3 Å². The summed E-state index contributed by atoms with van der Waals surface area (Å²) in [5, 5.41) is 8.85. The first-order chi connectivity index (χ1) is 7.41. The van der Waals surface area contributed by atoms with Crippen molar-refractivity contribution < 1.29 is 17.7 Å². The fourth-order valence-electron chi connectivity index (χ4n) is 1.24. The summed E-state index contributed by atoms with van der Waals surface area (Å²) in [7, 11) is -4.54. The topological polar surface area (TPSA) is 113 Å². The van der Waals surface area contributed by atoms with Crippen LogP contribution in [0.4, 0.5) is 5.69 Å². The number of anilines is 1. The Kier molecular flexibility index (Phi) is 3.37. The van der Waals surface area contributed by atoms with Gasteiger partial charge in [-0.25, -0.2) is 0 Å². The normalized spacial score (nSPS) is 10.8. The van der Waals surface area contributed by atoms with Crippen LogP contribution < -0.4 is 10.5 Å². The Morgan fingerprint density at radius 2 is 2.19 bits per heavy atom. The standard InChI is InChI=1S/C9H10N2O4S/c1-2-15-8-4-3-7(11)9(6(8)5-10)16(12,13)14/h3-4H,2,11H2,1H3,(H,12,13,14). The molecule has 0 unspecified atom stereocenters. The van der Waals surface area contributed by atoms with E-state index in [2.05, 4.69) is 0 Å². The van der Waals surface area contributed by atoms with Crippen molar-refractivity contribution >= 4 is 15.8 Å². The van der Waals surface area contributed by atoms with Gasteiger partial charge >= 0.3 is 0 Å². The van der Waals surface area contributed by atoms with E-state index in [1.807, 2.05) is 0 Å². The molecule has 16 heavy (non-hydrogen) atoms. The third kappa shape index (κ3) is 2.24. The first-order valence-electron chi connectivity index (χ1n) is 4.34. The Morgan fingerprint density at radius 3 is 2.62 bits per heavy atom. The molecule has 0 fully saturated rings. The van der Waals surface area contributed by atoms with E-state index < -0.39 is 15.0 Å². The summed E-state index contributed by atoms with van der Waals surface area (Å²) in [5.74, 6) is 0.0758. The highest BCUT2D eigenvalue weighted by atomic mass is 32.2. The lowest BCUT2D eigenvalue weighted by Gasteiger charge is -2.09. The highest BCUT2D eigenvalue weighted by Crippen LogP contribution is 2.30. The smallest absolute Gasteiger partial charge is 0.298 e. The molecule has 86 valence electrons. The minimum atomic E-state index is -4.54. The molecule has 0 radical (unpaired) electrons. The molecule has 0 aliphatic carbocycles. The Hall–Kier alpha value is -1.78. The Balaban J connectivity index is 3.59. The van der Waals surface area contributed by atoms with Crippen LogP contribution in [0, 0.1) is 11.3 Å². The number of ether oxygens (including phenoxy) is 1. The van der Waals surface area contributed by atoms with Gasteiger partial charge in [-0.05, 0) is 19.1 Å². The van der Waals surface area contributed by atoms with E-state index in [4.69, 9.17) is 20.3 Å². The van der Waals surface area contributed by atoms with Crippen LogP contribution in [0.25, 0.3) is 0 Å². The highest BCUT2D eigenvalue weighted by molar-refractivity contribution is 7.86. The van der Waals surface area contributed by atoms with Gasteiger partial charge in [0.1, 0.15) is 22.3 Å². The number of nitrogens with zero attached hydrogens (tertiary/aromatic N) is 1. The lowest BCUT2D eigenvalue weighted by molar-refractivity contribution is 0.338. The van der Waals surface area contributed by atoms with Crippen molar-refractivity contribution in [3.05, 3.63) is 17.7 Å². The van der Waals surface area contributed by atoms with Crippen LogP contribution >= 0.6 is 0 Å². The van der Waals surface area contributed by atoms with E-state index in [0.29, 0.717) is 0 Å². The van der Waals surface area contributed by atoms with Crippen molar-refractivity contribution in [1.82, 2.24) is 0 Å². The maximum Gasteiger partial charge on any atom is 0.298 e. The molecule has 0 amide bonds. The third-order valence-corrected chi connectivity index (χ3v) is 2.78. The molecule has 0 saturated carbocycles. The minimum absolute atomic E-state index is 0.0758. The van der Waals surface area contributed by atoms with Gasteiger partial charge in [-0.3, -0.25) is 4.55 Å². The second-order valence-corrected chi connectivity index (χ2v) is 4.24. The van der Waals surface area contributed by atoms with E-state index in [1.165, 1.54) is 12.1 Å². The molecule has 1 aromatic carbocycles. The summed E-state index contributed by atoms with van der Waals surface area (Å²) in [6.45, 7) is 1.95. The number of nitrogen functional groups attached to an aromatic ring is 1. The average molecular weight is 242 g/mol. The number of benzene rings is 1. The molecule has 0 aliphatic heterocycles. The molecule has 0 aromatic heterocycles. The third-order valence-electron chi connectivity index (χ3n) is 1.82. The Morgan fingerprint density at radius 1 is 1.56 bits per heavy atom. The molecular weight excluding hydrogens is 232 g/mol. The van der Waals surface area contributed by atoms with Gasteiger partial charge in [-0.2, -0.15) is 13.7 Å². The average Bonchev–Trinajstić information content (AvgIpc) is 2.18. The number of rotatable bonds is 3. The van der Waals surface area contributed by atoms with Crippen LogP contribution in [0.2, 0.25) is 0 Å². The number of hydrogen-bond donors (Lipinski definition) is 2. The van der Waals surface area contributed by atoms with Gasteiger partial charge in [0.05, 0.1) is 12.3 Å². The maximum absolute atomic E-state index is 11.1. The fourth-order valence-corrected chi connectivity index (χ4v) is 2.01. The second-order valence-electron chi connectivity index (χ2n) is 2.88. The van der Waals surface area contributed by atoms with Crippen molar-refractivity contribution in [3.8, 4) is 11.8 Å². The summed E-state index contributed by atoms with van der Waals surface area (Å²) >= 11 is 0. The van der Waals surface area contributed by atoms with Crippen molar-refractivity contribution in [2.24, 2.45) is 0 Å². The van der Waals surface area contributed by atoms with Crippen LogP contribution in [0.3, 0.4) is 0 Å². The van der Waals surface area contributed by atoms with Crippen LogP contribution in [-0.4, -0.2) is 19.6 Å². The lowest BCUT2D eigenvalue weighted by atomic mass is 10.2. The highest BCUT2D eigenvalue weighted by Gasteiger charge is 2.22. The summed E-state index contributed by atoms with van der Waals surface area (Å²) in [4.78, 5) is -0.610. The van der Waals surface area contributed by atoms with Crippen LogP contribution in [0.15, 0.2) is 17.0 Å². The molecule has 0 saturated heterocycles. The van der Waals surface area contributed by atoms with Gasteiger partial charge in [-0.1, -0.05) is 0 Å². The van der Waals surface area contributed by atoms with E-state index in [0.717, 1.165) is 0 Å². The van der Waals surface area contributed by atoms with Gasteiger partial charge in [-0.15, -0.1) is 0 Å². The Labute approximate surface area is 93.0 Å². The van der Waals surface area contributed by atoms with E-state index in [1.54, 1.807) is 13.0 Å². The quantitative estimate of drug-likeness (QED) is 0.598. The largest absolute Gasteiger partial charge is 0.492 e. The zero-order chi connectivity index (χ0) is 12.3. The van der Waals surface area contributed by atoms with E-state index >= 15 is 0 Å². The molecule has 0 atom stereocenters. The molecular formula is C9H10N2O4S. The zero-order valence-electron chi connectivity index (χ0n) is 8.47. The zero-order valence-corrected chi connectivity index (χ0v) is 9.28. The minimum Gasteiger partial charge on any atom is -0.492 e. The predicted molar refractivity (Wildman–Crippen MR) is 56.6 cm³/mol. The summed E-state index contributed by atoms with van der Waals surface area (Å²) in [5.41, 5.74) is 4.92. The summed E-state index contributed by atoms with van der Waals surface area (Å²) in [6, 6.07) is 4.29. The van der Waals surface area contributed by atoms with Crippen LogP contribution in [-0.2, 0) is 10.1 Å². The van der Waals surface area contributed by atoms with Crippen LogP contribution in [0.1, 0.15) is 12.5 Å². The number of hydrogen-bond acceptors (Lipinski definition) is 5. The van der Waals surface area contributed by atoms with E-state index in [9.17, 15) is 8.42 Å². The monoisotopic (exact) mass is 242 g/mol. The lowest BCUT2D eigenvalue weighted by Crippen LogP contribution is -2.08. The molecule has 0 aliphatic rings. The van der Waals surface area contributed by atoms with Crippen molar-refractivity contribution in [1.29, 1.82) is 5.26 Å². The van der Waals surface area contributed by atoms with Gasteiger partial charge in [0.2, 0.25) is 0 Å². The molecule has 0 heterocycles. The molecule has 0 spiro atoms. The van der Waals surface area contributed by atoms with Crippen molar-refractivity contribution in [3.63, 3.8) is 0 Å². The first-order valence-corrected chi connectivity index (χ1v) is 5.78. The number of nitriles is 1. The van der Waals surface area contributed by atoms with Gasteiger partial charge in [0.25, 0.3) is 10.1 Å². The first kappa shape index (κ1) is 12.3. The maximum atomic E-state index is 11.1. The molecule has 1 aromatic rings. The van der Waals surface area contributed by atoms with Crippen molar-refractivity contribution in [2.45, 2.75) is 11.8 Å². The van der Waals surface area contributed by atoms with Crippen LogP contribution in [0.5, 0.6) is 5.75 Å². The summed E-state index contributed by atoms with van der Waals surface area (Å²) < 4.78 is 36.1. The fraction of sp³-hybridized carbons (Fsp3) is 0.222. The van der Waals surface area contributed by atoms with Gasteiger partial charge in [0.15, 0.2) is 0 Å². The predicted octanol–water partition coefficient (Wildman–Crippen LogP) is 0.786. The van der Waals surface area contributed by atoms with Gasteiger partial charge < -0.3 is 10.5 Å². The van der Waals surface area contributed by atoms with E-state index in [-0.39, 0.29) is 23.6 Å². The molecule has 7 heteroatoms.